The number of imidazole rings is 1. The molecule has 0 fully saturated rings. The smallest absolute Gasteiger partial charge is 0.271 e. The number of benzene rings is 1. The van der Waals surface area contributed by atoms with Gasteiger partial charge in [0.2, 0.25) is 5.91 Å². The zero-order chi connectivity index (χ0) is 20.3. The highest BCUT2D eigenvalue weighted by atomic mass is 19.1. The van der Waals surface area contributed by atoms with E-state index in [1.165, 1.54) is 18.5 Å². The van der Waals surface area contributed by atoms with Gasteiger partial charge in [0.1, 0.15) is 12.1 Å². The van der Waals surface area contributed by atoms with E-state index in [1.807, 2.05) is 13.8 Å². The number of nitrogens with two attached hydrogens (primary N) is 1. The number of fused-ring (bicyclic) bond motifs is 1. The molecule has 0 radical (unpaired) electrons. The summed E-state index contributed by atoms with van der Waals surface area (Å²) in [6, 6.07) is 6.23. The lowest BCUT2D eigenvalue weighted by Crippen LogP contribution is -2.26. The molecule has 0 spiro atoms. The lowest BCUT2D eigenvalue weighted by atomic mass is 10.1. The summed E-state index contributed by atoms with van der Waals surface area (Å²) >= 11 is 0. The number of aryl methyl sites for hydroxylation is 2. The average Bonchev–Trinajstić information content (AvgIpc) is 3.07. The first-order valence-corrected chi connectivity index (χ1v) is 9.01. The third kappa shape index (κ3) is 4.16. The number of carbonyl (C=O) groups is 2. The molecule has 3 rings (SSSR count). The quantitative estimate of drug-likeness (QED) is 0.650. The molecule has 146 valence electrons. The fourth-order valence-corrected chi connectivity index (χ4v) is 3.19. The summed E-state index contributed by atoms with van der Waals surface area (Å²) in [5.74, 6) is -0.962. The minimum Gasteiger partial charge on any atom is -0.364 e. The highest BCUT2D eigenvalue weighted by molar-refractivity contribution is 5.96. The molecule has 0 aliphatic carbocycles. The summed E-state index contributed by atoms with van der Waals surface area (Å²) in [6.07, 6.45) is 2.99. The second-order valence-corrected chi connectivity index (χ2v) is 6.64. The topological polar surface area (TPSA) is 102 Å². The maximum Gasteiger partial charge on any atom is 0.271 e. The molecule has 3 N–H and O–H groups in total. The van der Waals surface area contributed by atoms with E-state index >= 15 is 0 Å². The summed E-state index contributed by atoms with van der Waals surface area (Å²) in [6.45, 7) is 4.23. The van der Waals surface area contributed by atoms with Gasteiger partial charge >= 0.3 is 0 Å². The molecule has 28 heavy (non-hydrogen) atoms. The van der Waals surface area contributed by atoms with E-state index in [1.54, 1.807) is 16.5 Å². The van der Waals surface area contributed by atoms with Crippen LogP contribution in [0.1, 0.15) is 39.4 Å². The number of rotatable bonds is 7. The number of aromatic nitrogens is 3. The van der Waals surface area contributed by atoms with Gasteiger partial charge < -0.3 is 11.1 Å². The Kier molecular flexibility index (Phi) is 5.67. The SMILES string of the molecule is Cc1nc2c(C(N)=O)ncn2c(C)c1CCC(=O)NCCc1ccc(F)cc1. The van der Waals surface area contributed by atoms with Crippen LogP contribution in [0, 0.1) is 19.7 Å². The Balaban J connectivity index is 1.60. The van der Waals surface area contributed by atoms with Crippen molar-refractivity contribution in [3.8, 4) is 0 Å². The van der Waals surface area contributed by atoms with Gasteiger partial charge in [-0.25, -0.2) is 14.4 Å². The molecule has 7 nitrogen and oxygen atoms in total. The maximum atomic E-state index is 12.9. The Hall–Kier alpha value is -3.29. The first-order valence-electron chi connectivity index (χ1n) is 9.01. The third-order valence-corrected chi connectivity index (χ3v) is 4.74. The lowest BCUT2D eigenvalue weighted by Gasteiger charge is -2.12. The molecular formula is C20H22FN5O2. The Labute approximate surface area is 161 Å². The van der Waals surface area contributed by atoms with Crippen LogP contribution >= 0.6 is 0 Å². The average molecular weight is 383 g/mol. The predicted molar refractivity (Wildman–Crippen MR) is 102 cm³/mol. The fraction of sp³-hybridized carbons (Fsp3) is 0.300. The Morgan fingerprint density at radius 2 is 1.89 bits per heavy atom. The molecule has 3 aromatic rings. The second-order valence-electron chi connectivity index (χ2n) is 6.64. The molecule has 0 aliphatic rings. The molecule has 2 amide bonds. The van der Waals surface area contributed by atoms with Crippen LogP contribution in [0.3, 0.4) is 0 Å². The molecule has 8 heteroatoms. The summed E-state index contributed by atoms with van der Waals surface area (Å²) in [5, 5.41) is 2.88. The van der Waals surface area contributed by atoms with E-state index in [0.29, 0.717) is 31.5 Å². The van der Waals surface area contributed by atoms with Crippen LogP contribution in [0.5, 0.6) is 0 Å². The largest absolute Gasteiger partial charge is 0.364 e. The number of carbonyl (C=O) groups excluding carboxylic acids is 2. The van der Waals surface area contributed by atoms with Gasteiger partial charge in [-0.2, -0.15) is 0 Å². The molecule has 0 unspecified atom stereocenters. The van der Waals surface area contributed by atoms with E-state index in [2.05, 4.69) is 15.3 Å². The molecule has 1 aromatic carbocycles. The summed E-state index contributed by atoms with van der Waals surface area (Å²) in [4.78, 5) is 32.1. The molecule has 0 aliphatic heterocycles. The number of hydrogen-bond donors (Lipinski definition) is 2. The van der Waals surface area contributed by atoms with E-state index in [-0.39, 0.29) is 17.4 Å². The van der Waals surface area contributed by atoms with Crippen LogP contribution in [-0.2, 0) is 17.6 Å². The van der Waals surface area contributed by atoms with Gasteiger partial charge in [0.15, 0.2) is 11.3 Å². The maximum absolute atomic E-state index is 12.9. The minimum atomic E-state index is -0.623. The van der Waals surface area contributed by atoms with Crippen LogP contribution in [0.4, 0.5) is 4.39 Å². The van der Waals surface area contributed by atoms with Gasteiger partial charge in [0.25, 0.3) is 5.91 Å². The van der Waals surface area contributed by atoms with Crippen LogP contribution in [0.25, 0.3) is 5.65 Å². The summed E-state index contributed by atoms with van der Waals surface area (Å²) in [5.41, 5.74) is 9.42. The van der Waals surface area contributed by atoms with Gasteiger partial charge in [-0.1, -0.05) is 12.1 Å². The summed E-state index contributed by atoms with van der Waals surface area (Å²) < 4.78 is 14.6. The van der Waals surface area contributed by atoms with Gasteiger partial charge in [-0.3, -0.25) is 14.0 Å². The number of halogens is 1. The zero-order valence-corrected chi connectivity index (χ0v) is 15.8. The Morgan fingerprint density at radius 1 is 1.18 bits per heavy atom. The molecule has 0 saturated heterocycles. The third-order valence-electron chi connectivity index (χ3n) is 4.74. The number of hydrogen-bond acceptors (Lipinski definition) is 4. The van der Waals surface area contributed by atoms with Crippen molar-refractivity contribution in [3.05, 3.63) is 64.6 Å². The standard InChI is InChI=1S/C20H22FN5O2/c1-12-16(13(2)26-11-24-18(19(22)28)20(26)25-12)7-8-17(27)23-10-9-14-3-5-15(21)6-4-14/h3-6,11H,7-10H2,1-2H3,(H2,22,28)(H,23,27). The first-order chi connectivity index (χ1) is 13.4. The molecule has 2 aromatic heterocycles. The van der Waals surface area contributed by atoms with Crippen LogP contribution < -0.4 is 11.1 Å². The lowest BCUT2D eigenvalue weighted by molar-refractivity contribution is -0.121. The van der Waals surface area contributed by atoms with Crippen LogP contribution in [-0.4, -0.2) is 32.7 Å². The minimum absolute atomic E-state index is 0.0653. The van der Waals surface area contributed by atoms with E-state index in [9.17, 15) is 14.0 Å². The monoisotopic (exact) mass is 383 g/mol. The Morgan fingerprint density at radius 3 is 2.57 bits per heavy atom. The highest BCUT2D eigenvalue weighted by Gasteiger charge is 2.17. The van der Waals surface area contributed by atoms with Crippen molar-refractivity contribution < 1.29 is 14.0 Å². The van der Waals surface area contributed by atoms with Crippen LogP contribution in [0.15, 0.2) is 30.6 Å². The molecule has 0 saturated carbocycles. The van der Waals surface area contributed by atoms with E-state index in [4.69, 9.17) is 5.73 Å². The van der Waals surface area contributed by atoms with Crippen molar-refractivity contribution in [1.29, 1.82) is 0 Å². The number of primary amides is 1. The zero-order valence-electron chi connectivity index (χ0n) is 15.8. The normalized spacial score (nSPS) is 11.0. The Bertz CT molecular complexity index is 1030. The van der Waals surface area contributed by atoms with Crippen molar-refractivity contribution in [2.75, 3.05) is 6.54 Å². The van der Waals surface area contributed by atoms with E-state index < -0.39 is 5.91 Å². The van der Waals surface area contributed by atoms with Crippen molar-refractivity contribution in [2.45, 2.75) is 33.1 Å². The molecular weight excluding hydrogens is 361 g/mol. The molecule has 0 atom stereocenters. The second kappa shape index (κ2) is 8.16. The first kappa shape index (κ1) is 19.5. The number of amides is 2. The van der Waals surface area contributed by atoms with Crippen molar-refractivity contribution in [2.24, 2.45) is 5.73 Å². The highest BCUT2D eigenvalue weighted by Crippen LogP contribution is 2.18. The van der Waals surface area contributed by atoms with Crippen molar-refractivity contribution in [1.82, 2.24) is 19.7 Å². The van der Waals surface area contributed by atoms with Crippen molar-refractivity contribution >= 4 is 17.5 Å². The van der Waals surface area contributed by atoms with Crippen LogP contribution in [0.2, 0.25) is 0 Å². The fourth-order valence-electron chi connectivity index (χ4n) is 3.19. The number of nitrogens with one attached hydrogen (secondary N) is 1. The van der Waals surface area contributed by atoms with Gasteiger partial charge in [-0.15, -0.1) is 0 Å². The molecule has 2 heterocycles. The predicted octanol–water partition coefficient (Wildman–Crippen LogP) is 1.88. The van der Waals surface area contributed by atoms with Gasteiger partial charge in [0, 0.05) is 24.4 Å². The molecule has 0 bridgehead atoms. The number of nitrogens with zero attached hydrogens (tertiary/aromatic N) is 3. The van der Waals surface area contributed by atoms with E-state index in [0.717, 1.165) is 22.5 Å². The van der Waals surface area contributed by atoms with Gasteiger partial charge in [0.05, 0.1) is 0 Å². The summed E-state index contributed by atoms with van der Waals surface area (Å²) in [7, 11) is 0. The van der Waals surface area contributed by atoms with Crippen molar-refractivity contribution in [3.63, 3.8) is 0 Å². The van der Waals surface area contributed by atoms with Gasteiger partial charge in [-0.05, 0) is 49.9 Å².